The fraction of sp³-hybridized carbons (Fsp3) is 0.946. The van der Waals surface area contributed by atoms with Crippen LogP contribution >= 0.6 is 15.6 Å². The molecule has 0 aliphatic heterocycles. The minimum atomic E-state index is -4.96. The maximum atomic E-state index is 13.1. The lowest BCUT2D eigenvalue weighted by molar-refractivity contribution is -0.161. The molecule has 0 saturated heterocycles. The quantitative estimate of drug-likeness (QED) is 0.0222. The lowest BCUT2D eigenvalue weighted by Gasteiger charge is -2.21. The highest BCUT2D eigenvalue weighted by atomic mass is 31.2. The monoisotopic (exact) mass is 1370 g/mol. The summed E-state index contributed by atoms with van der Waals surface area (Å²) in [6, 6.07) is 0. The second-order valence-corrected chi connectivity index (χ2v) is 30.3. The zero-order chi connectivity index (χ0) is 68.6. The summed E-state index contributed by atoms with van der Waals surface area (Å²) < 4.78 is 68.3. The Morgan fingerprint density at radius 1 is 0.312 bits per heavy atom. The van der Waals surface area contributed by atoms with E-state index in [1.165, 1.54) is 193 Å². The van der Waals surface area contributed by atoms with Crippen molar-refractivity contribution < 1.29 is 80.2 Å². The maximum Gasteiger partial charge on any atom is 0.472 e. The fourth-order valence-electron chi connectivity index (χ4n) is 11.3. The first kappa shape index (κ1) is 91.1. The van der Waals surface area contributed by atoms with Crippen LogP contribution in [0.15, 0.2) is 0 Å². The van der Waals surface area contributed by atoms with E-state index in [0.29, 0.717) is 25.7 Å². The van der Waals surface area contributed by atoms with Crippen LogP contribution in [0, 0.1) is 11.8 Å². The van der Waals surface area contributed by atoms with Crippen LogP contribution in [0.25, 0.3) is 0 Å². The summed E-state index contributed by atoms with van der Waals surface area (Å²) in [6.07, 6.45) is 52.7. The van der Waals surface area contributed by atoms with E-state index in [-0.39, 0.29) is 25.7 Å². The molecule has 0 radical (unpaired) electrons. The van der Waals surface area contributed by atoms with Gasteiger partial charge in [0.15, 0.2) is 12.2 Å². The van der Waals surface area contributed by atoms with Crippen molar-refractivity contribution in [3.05, 3.63) is 0 Å². The van der Waals surface area contributed by atoms with E-state index >= 15 is 0 Å². The van der Waals surface area contributed by atoms with Crippen molar-refractivity contribution >= 4 is 39.5 Å². The predicted octanol–water partition coefficient (Wildman–Crippen LogP) is 21.6. The second-order valence-electron chi connectivity index (χ2n) is 27.4. The van der Waals surface area contributed by atoms with Crippen LogP contribution in [0.3, 0.4) is 0 Å². The number of esters is 4. The Bertz CT molecular complexity index is 1810. The molecule has 6 atom stereocenters. The molecule has 0 fully saturated rings. The Hall–Kier alpha value is -1.94. The largest absolute Gasteiger partial charge is 0.472 e. The van der Waals surface area contributed by atoms with Gasteiger partial charge in [-0.15, -0.1) is 0 Å². The van der Waals surface area contributed by atoms with E-state index in [9.17, 15) is 43.2 Å². The van der Waals surface area contributed by atoms with Crippen LogP contribution in [0.5, 0.6) is 0 Å². The minimum absolute atomic E-state index is 0.106. The molecule has 0 saturated carbocycles. The third-order valence-corrected chi connectivity index (χ3v) is 19.5. The minimum Gasteiger partial charge on any atom is -0.462 e. The number of aliphatic hydroxyl groups is 1. The van der Waals surface area contributed by atoms with Gasteiger partial charge >= 0.3 is 39.5 Å². The van der Waals surface area contributed by atoms with E-state index in [1.54, 1.807) is 0 Å². The highest BCUT2D eigenvalue weighted by molar-refractivity contribution is 7.47. The van der Waals surface area contributed by atoms with Crippen molar-refractivity contribution in [3.8, 4) is 0 Å². The van der Waals surface area contributed by atoms with Gasteiger partial charge in [0.2, 0.25) is 0 Å². The third kappa shape index (κ3) is 67.0. The van der Waals surface area contributed by atoms with Crippen molar-refractivity contribution in [2.24, 2.45) is 11.8 Å². The number of carbonyl (C=O) groups excluding carboxylic acids is 4. The first-order chi connectivity index (χ1) is 44.9. The lowest BCUT2D eigenvalue weighted by atomic mass is 9.99. The summed E-state index contributed by atoms with van der Waals surface area (Å²) in [4.78, 5) is 72.6. The molecule has 93 heavy (non-hydrogen) atoms. The van der Waals surface area contributed by atoms with Crippen molar-refractivity contribution in [3.63, 3.8) is 0 Å². The first-order valence-corrected chi connectivity index (χ1v) is 41.5. The van der Waals surface area contributed by atoms with Crippen LogP contribution < -0.4 is 0 Å². The Kier molecular flexibility index (Phi) is 64.6. The van der Waals surface area contributed by atoms with Crippen molar-refractivity contribution in [2.45, 2.75) is 400 Å². The summed E-state index contributed by atoms with van der Waals surface area (Å²) >= 11 is 0. The van der Waals surface area contributed by atoms with E-state index in [1.807, 2.05) is 0 Å². The number of phosphoric ester groups is 2. The summed E-state index contributed by atoms with van der Waals surface area (Å²) in [7, 11) is -9.90. The predicted molar refractivity (Wildman–Crippen MR) is 377 cm³/mol. The van der Waals surface area contributed by atoms with E-state index in [0.717, 1.165) is 108 Å². The molecule has 0 aliphatic rings. The van der Waals surface area contributed by atoms with Crippen molar-refractivity contribution in [1.29, 1.82) is 0 Å². The van der Waals surface area contributed by atoms with Crippen LogP contribution in [0.1, 0.15) is 382 Å². The zero-order valence-corrected chi connectivity index (χ0v) is 62.3. The summed E-state index contributed by atoms with van der Waals surface area (Å²) in [5, 5.41) is 10.6. The summed E-state index contributed by atoms with van der Waals surface area (Å²) in [5.74, 6) is -0.476. The number of hydrogen-bond donors (Lipinski definition) is 3. The average molecular weight is 1370 g/mol. The van der Waals surface area contributed by atoms with Crippen LogP contribution in [-0.4, -0.2) is 96.7 Å². The van der Waals surface area contributed by atoms with Gasteiger partial charge in [-0.3, -0.25) is 37.3 Å². The number of carbonyl (C=O) groups is 4. The number of unbranched alkanes of at least 4 members (excludes halogenated alkanes) is 42. The average Bonchev–Trinajstić information content (AvgIpc) is 2.34. The molecule has 19 heteroatoms. The second kappa shape index (κ2) is 66.0. The number of phosphoric acid groups is 2. The van der Waals surface area contributed by atoms with Gasteiger partial charge in [-0.1, -0.05) is 330 Å². The topological polar surface area (TPSA) is 237 Å². The first-order valence-electron chi connectivity index (χ1n) is 38.5. The van der Waals surface area contributed by atoms with E-state index < -0.39 is 97.5 Å². The van der Waals surface area contributed by atoms with Gasteiger partial charge in [0, 0.05) is 25.7 Å². The number of rotatable bonds is 73. The van der Waals surface area contributed by atoms with Gasteiger partial charge < -0.3 is 33.8 Å². The molecule has 3 unspecified atom stereocenters. The molecular weight excluding hydrogens is 1220 g/mol. The molecule has 0 bridgehead atoms. The van der Waals surface area contributed by atoms with Crippen LogP contribution in [-0.2, 0) is 65.4 Å². The molecule has 0 aromatic rings. The van der Waals surface area contributed by atoms with Gasteiger partial charge in [-0.05, 0) is 37.5 Å². The van der Waals surface area contributed by atoms with Crippen LogP contribution in [0.4, 0.5) is 0 Å². The smallest absolute Gasteiger partial charge is 0.462 e. The molecule has 0 amide bonds. The molecule has 0 rings (SSSR count). The molecule has 0 heterocycles. The Morgan fingerprint density at radius 3 is 0.817 bits per heavy atom. The standard InChI is InChI=1S/C74H144O17P2/c1-7-10-12-14-16-18-33-40-46-52-58-73(78)90-69(62-84-71(76)56-50-44-38-17-15-13-11-8-2)64-88-92(80,81)86-60-68(75)61-87-93(82,83)89-65-70(63-85-72(77)57-51-45-39-34-29-25-21-19-23-27-31-36-42-48-54-66(4)5)91-74(79)59-53-47-41-35-30-26-22-20-24-28-32-37-43-49-55-67(6)9-3/h66-70,75H,7-65H2,1-6H3,(H,80,81)(H,82,83)/t67?,68-,69+,70+/m0/s1. The molecule has 0 aromatic carbocycles. The fourth-order valence-corrected chi connectivity index (χ4v) is 12.8. The molecule has 0 aromatic heterocycles. The molecular formula is C74H144O17P2. The summed E-state index contributed by atoms with van der Waals surface area (Å²) in [5.41, 5.74) is 0. The highest BCUT2D eigenvalue weighted by Crippen LogP contribution is 2.45. The Morgan fingerprint density at radius 2 is 0.548 bits per heavy atom. The molecule has 3 N–H and O–H groups in total. The van der Waals surface area contributed by atoms with Crippen molar-refractivity contribution in [2.75, 3.05) is 39.6 Å². The number of hydrogen-bond acceptors (Lipinski definition) is 15. The Labute approximate surface area is 568 Å². The van der Waals surface area contributed by atoms with Crippen LogP contribution in [0.2, 0.25) is 0 Å². The van der Waals surface area contributed by atoms with E-state index in [4.69, 9.17) is 37.0 Å². The van der Waals surface area contributed by atoms with Gasteiger partial charge in [0.05, 0.1) is 26.4 Å². The van der Waals surface area contributed by atoms with Gasteiger partial charge in [-0.2, -0.15) is 0 Å². The van der Waals surface area contributed by atoms with Gasteiger partial charge in [0.25, 0.3) is 0 Å². The van der Waals surface area contributed by atoms with Gasteiger partial charge in [0.1, 0.15) is 19.3 Å². The highest BCUT2D eigenvalue weighted by Gasteiger charge is 2.30. The zero-order valence-electron chi connectivity index (χ0n) is 60.6. The lowest BCUT2D eigenvalue weighted by Crippen LogP contribution is -2.30. The van der Waals surface area contributed by atoms with Crippen molar-refractivity contribution in [1.82, 2.24) is 0 Å². The van der Waals surface area contributed by atoms with E-state index in [2.05, 4.69) is 41.5 Å². The number of ether oxygens (including phenoxy) is 4. The maximum absolute atomic E-state index is 13.1. The molecule has 0 spiro atoms. The SMILES string of the molecule is CCCCCCCCCCCCC(=O)O[C@H](COC(=O)CCCCCCCCCC)COP(=O)(O)OC[C@H](O)COP(=O)(O)OC[C@@H](COC(=O)CCCCCCCCCCCCCCCCC(C)C)OC(=O)CCCCCCCCCCCCCCCCC(C)CC. The molecule has 17 nitrogen and oxygen atoms in total. The third-order valence-electron chi connectivity index (χ3n) is 17.6. The molecule has 552 valence electrons. The number of aliphatic hydroxyl groups excluding tert-OH is 1. The summed E-state index contributed by atoms with van der Waals surface area (Å²) in [6.45, 7) is 9.62. The van der Waals surface area contributed by atoms with Gasteiger partial charge in [-0.25, -0.2) is 9.13 Å². The normalized spacial score (nSPS) is 14.3. The molecule has 0 aliphatic carbocycles. The Balaban J connectivity index is 5.20.